The minimum atomic E-state index is -0.254. The molecule has 84 valence electrons. The second-order valence-corrected chi connectivity index (χ2v) is 4.20. The van der Waals surface area contributed by atoms with E-state index in [-0.39, 0.29) is 17.5 Å². The monoisotopic (exact) mass is 202 g/mol. The summed E-state index contributed by atoms with van der Waals surface area (Å²) in [6.07, 6.45) is 1.25. The summed E-state index contributed by atoms with van der Waals surface area (Å²) < 4.78 is 10.3. The summed E-state index contributed by atoms with van der Waals surface area (Å²) in [4.78, 5) is 10.5. The minimum absolute atomic E-state index is 0.177. The molecule has 0 aromatic rings. The summed E-state index contributed by atoms with van der Waals surface area (Å²) >= 11 is 0. The van der Waals surface area contributed by atoms with Gasteiger partial charge in [0.2, 0.25) is 0 Å². The van der Waals surface area contributed by atoms with Crippen molar-refractivity contribution in [2.45, 2.75) is 47.1 Å². The smallest absolute Gasteiger partial charge is 0.302 e. The van der Waals surface area contributed by atoms with Crippen LogP contribution in [0.1, 0.15) is 41.0 Å². The fraction of sp³-hybridized carbons (Fsp3) is 0.909. The van der Waals surface area contributed by atoms with Crippen molar-refractivity contribution in [2.24, 2.45) is 5.41 Å². The molecule has 0 radical (unpaired) electrons. The standard InChI is InChI=1S/C11H22O3/c1-6-11(4,5)9(2)13-7-8-14-10(3)12/h9H,6-8H2,1-5H3. The van der Waals surface area contributed by atoms with Crippen molar-refractivity contribution in [3.8, 4) is 0 Å². The van der Waals surface area contributed by atoms with E-state index in [0.29, 0.717) is 13.2 Å². The van der Waals surface area contributed by atoms with E-state index in [1.54, 1.807) is 0 Å². The van der Waals surface area contributed by atoms with Crippen LogP contribution in [0.4, 0.5) is 0 Å². The highest BCUT2D eigenvalue weighted by molar-refractivity contribution is 5.65. The van der Waals surface area contributed by atoms with Crippen LogP contribution < -0.4 is 0 Å². The van der Waals surface area contributed by atoms with Crippen LogP contribution in [0.5, 0.6) is 0 Å². The molecule has 0 aromatic heterocycles. The van der Waals surface area contributed by atoms with E-state index in [9.17, 15) is 4.79 Å². The largest absolute Gasteiger partial charge is 0.463 e. The Bertz CT molecular complexity index is 175. The number of hydrogen-bond donors (Lipinski definition) is 0. The van der Waals surface area contributed by atoms with Gasteiger partial charge >= 0.3 is 5.97 Å². The van der Waals surface area contributed by atoms with Gasteiger partial charge in [0, 0.05) is 6.92 Å². The van der Waals surface area contributed by atoms with Crippen LogP contribution in [0.15, 0.2) is 0 Å². The molecule has 0 bridgehead atoms. The van der Waals surface area contributed by atoms with Crippen molar-refractivity contribution in [2.75, 3.05) is 13.2 Å². The Morgan fingerprint density at radius 2 is 1.93 bits per heavy atom. The van der Waals surface area contributed by atoms with Crippen LogP contribution in [0.2, 0.25) is 0 Å². The predicted octanol–water partition coefficient (Wildman–Crippen LogP) is 2.39. The van der Waals surface area contributed by atoms with Gasteiger partial charge in [-0.2, -0.15) is 0 Å². The van der Waals surface area contributed by atoms with E-state index >= 15 is 0 Å². The number of ether oxygens (including phenoxy) is 2. The number of rotatable bonds is 6. The van der Waals surface area contributed by atoms with E-state index < -0.39 is 0 Å². The Hall–Kier alpha value is -0.570. The van der Waals surface area contributed by atoms with Gasteiger partial charge in [-0.3, -0.25) is 4.79 Å². The molecule has 0 rings (SSSR count). The Labute approximate surface area is 86.8 Å². The molecule has 14 heavy (non-hydrogen) atoms. The van der Waals surface area contributed by atoms with E-state index in [1.165, 1.54) is 6.92 Å². The fourth-order valence-electron chi connectivity index (χ4n) is 0.923. The third-order valence-corrected chi connectivity index (χ3v) is 2.77. The molecule has 0 aliphatic rings. The second kappa shape index (κ2) is 6.02. The molecule has 1 atom stereocenters. The average molecular weight is 202 g/mol. The molecule has 3 heteroatoms. The SMILES string of the molecule is CCC(C)(C)C(C)OCCOC(C)=O. The lowest BCUT2D eigenvalue weighted by molar-refractivity contribution is -0.143. The molecule has 0 saturated carbocycles. The van der Waals surface area contributed by atoms with Crippen molar-refractivity contribution >= 4 is 5.97 Å². The highest BCUT2D eigenvalue weighted by atomic mass is 16.6. The summed E-state index contributed by atoms with van der Waals surface area (Å²) in [5.41, 5.74) is 0.177. The van der Waals surface area contributed by atoms with E-state index in [0.717, 1.165) is 6.42 Å². The Kier molecular flexibility index (Phi) is 5.77. The summed E-state index contributed by atoms with van der Waals surface area (Å²) in [5, 5.41) is 0. The fourth-order valence-corrected chi connectivity index (χ4v) is 0.923. The van der Waals surface area contributed by atoms with Crippen molar-refractivity contribution in [1.29, 1.82) is 0 Å². The summed E-state index contributed by atoms with van der Waals surface area (Å²) in [6.45, 7) is 10.8. The van der Waals surface area contributed by atoms with Crippen LogP contribution in [0.3, 0.4) is 0 Å². The summed E-state index contributed by atoms with van der Waals surface area (Å²) in [5.74, 6) is -0.254. The van der Waals surface area contributed by atoms with Crippen molar-refractivity contribution in [1.82, 2.24) is 0 Å². The summed E-state index contributed by atoms with van der Waals surface area (Å²) in [6, 6.07) is 0. The van der Waals surface area contributed by atoms with Gasteiger partial charge in [-0.25, -0.2) is 0 Å². The summed E-state index contributed by atoms with van der Waals surface area (Å²) in [7, 11) is 0. The number of esters is 1. The van der Waals surface area contributed by atoms with Gasteiger partial charge in [-0.1, -0.05) is 20.8 Å². The number of carbonyl (C=O) groups excluding carboxylic acids is 1. The van der Waals surface area contributed by atoms with Crippen molar-refractivity contribution in [3.05, 3.63) is 0 Å². The average Bonchev–Trinajstić information content (AvgIpc) is 2.11. The van der Waals surface area contributed by atoms with Gasteiger partial charge in [0.25, 0.3) is 0 Å². The lowest BCUT2D eigenvalue weighted by atomic mass is 9.85. The molecule has 0 aliphatic carbocycles. The molecule has 0 aromatic carbocycles. The molecule has 0 amide bonds. The van der Waals surface area contributed by atoms with Gasteiger partial charge in [-0.15, -0.1) is 0 Å². The highest BCUT2D eigenvalue weighted by Crippen LogP contribution is 2.26. The first-order valence-corrected chi connectivity index (χ1v) is 5.15. The van der Waals surface area contributed by atoms with Crippen molar-refractivity contribution in [3.63, 3.8) is 0 Å². The topological polar surface area (TPSA) is 35.5 Å². The maximum atomic E-state index is 10.5. The molecule has 0 saturated heterocycles. The first kappa shape index (κ1) is 13.4. The molecule has 1 unspecified atom stereocenters. The van der Waals surface area contributed by atoms with Gasteiger partial charge in [-0.05, 0) is 18.8 Å². The first-order chi connectivity index (χ1) is 6.40. The molecule has 0 fully saturated rings. The minimum Gasteiger partial charge on any atom is -0.463 e. The van der Waals surface area contributed by atoms with Crippen LogP contribution in [-0.2, 0) is 14.3 Å². The highest BCUT2D eigenvalue weighted by Gasteiger charge is 2.24. The van der Waals surface area contributed by atoms with E-state index in [4.69, 9.17) is 9.47 Å². The zero-order valence-corrected chi connectivity index (χ0v) is 9.92. The lowest BCUT2D eigenvalue weighted by Gasteiger charge is -2.30. The van der Waals surface area contributed by atoms with Gasteiger partial charge in [0.1, 0.15) is 6.61 Å². The molecule has 0 N–H and O–H groups in total. The third-order valence-electron chi connectivity index (χ3n) is 2.77. The Balaban J connectivity index is 3.63. The second-order valence-electron chi connectivity index (χ2n) is 4.20. The van der Waals surface area contributed by atoms with E-state index in [2.05, 4.69) is 27.7 Å². The normalized spacial score (nSPS) is 13.8. The van der Waals surface area contributed by atoms with Gasteiger partial charge in [0.15, 0.2) is 0 Å². The predicted molar refractivity (Wildman–Crippen MR) is 56.1 cm³/mol. The number of carbonyl (C=O) groups is 1. The van der Waals surface area contributed by atoms with E-state index in [1.807, 2.05) is 0 Å². The molecule has 0 aliphatic heterocycles. The molecule has 0 spiro atoms. The molecule has 0 heterocycles. The molecular formula is C11H22O3. The third kappa shape index (κ3) is 5.22. The lowest BCUT2D eigenvalue weighted by Crippen LogP contribution is -2.29. The maximum Gasteiger partial charge on any atom is 0.302 e. The zero-order chi connectivity index (χ0) is 11.2. The number of hydrogen-bond acceptors (Lipinski definition) is 3. The van der Waals surface area contributed by atoms with Crippen molar-refractivity contribution < 1.29 is 14.3 Å². The van der Waals surface area contributed by atoms with Gasteiger partial charge < -0.3 is 9.47 Å². The molecule has 3 nitrogen and oxygen atoms in total. The van der Waals surface area contributed by atoms with Gasteiger partial charge in [0.05, 0.1) is 12.7 Å². The Morgan fingerprint density at radius 3 is 2.36 bits per heavy atom. The maximum absolute atomic E-state index is 10.5. The van der Waals surface area contributed by atoms with Crippen LogP contribution in [0.25, 0.3) is 0 Å². The molecular weight excluding hydrogens is 180 g/mol. The van der Waals surface area contributed by atoms with Crippen LogP contribution in [-0.4, -0.2) is 25.3 Å². The van der Waals surface area contributed by atoms with Crippen LogP contribution >= 0.6 is 0 Å². The first-order valence-electron chi connectivity index (χ1n) is 5.15. The Morgan fingerprint density at radius 1 is 1.36 bits per heavy atom. The quantitative estimate of drug-likeness (QED) is 0.490. The zero-order valence-electron chi connectivity index (χ0n) is 9.92. The van der Waals surface area contributed by atoms with Crippen LogP contribution in [0, 0.1) is 5.41 Å².